The molecule has 1 aliphatic carbocycles. The molecule has 124 valence electrons. The molecular formula is C18H31N3O. The zero-order valence-corrected chi connectivity index (χ0v) is 14.5. The fourth-order valence-corrected chi connectivity index (χ4v) is 4.09. The van der Waals surface area contributed by atoms with Gasteiger partial charge >= 0.3 is 0 Å². The average molecular weight is 305 g/mol. The molecule has 1 saturated heterocycles. The molecule has 4 heteroatoms. The van der Waals surface area contributed by atoms with E-state index in [0.717, 1.165) is 25.5 Å². The third kappa shape index (κ3) is 3.23. The average Bonchev–Trinajstić information content (AvgIpc) is 2.86. The van der Waals surface area contributed by atoms with Crippen molar-refractivity contribution in [1.29, 1.82) is 0 Å². The highest BCUT2D eigenvalue weighted by molar-refractivity contribution is 5.08. The van der Waals surface area contributed by atoms with Gasteiger partial charge in [0.05, 0.1) is 5.69 Å². The van der Waals surface area contributed by atoms with Gasteiger partial charge in [0, 0.05) is 38.4 Å². The van der Waals surface area contributed by atoms with Gasteiger partial charge in [-0.3, -0.25) is 4.68 Å². The van der Waals surface area contributed by atoms with E-state index in [-0.39, 0.29) is 6.10 Å². The Labute approximate surface area is 134 Å². The number of aryl methyl sites for hydroxylation is 1. The minimum atomic E-state index is 0.203. The number of nitrogens with one attached hydrogen (secondary N) is 1. The second kappa shape index (κ2) is 6.32. The van der Waals surface area contributed by atoms with Crippen molar-refractivity contribution in [2.75, 3.05) is 13.2 Å². The van der Waals surface area contributed by atoms with E-state index >= 15 is 0 Å². The van der Waals surface area contributed by atoms with E-state index in [0.29, 0.717) is 17.4 Å². The van der Waals surface area contributed by atoms with Crippen molar-refractivity contribution < 1.29 is 4.74 Å². The summed E-state index contributed by atoms with van der Waals surface area (Å²) >= 11 is 0. The van der Waals surface area contributed by atoms with E-state index in [1.54, 1.807) is 0 Å². The molecule has 0 amide bonds. The number of aromatic nitrogens is 2. The first-order valence-electron chi connectivity index (χ1n) is 8.86. The Morgan fingerprint density at radius 2 is 2.27 bits per heavy atom. The van der Waals surface area contributed by atoms with Crippen molar-refractivity contribution in [3.63, 3.8) is 0 Å². The molecule has 4 nitrogen and oxygen atoms in total. The van der Waals surface area contributed by atoms with E-state index < -0.39 is 0 Å². The highest BCUT2D eigenvalue weighted by Gasteiger charge is 2.49. The zero-order valence-electron chi connectivity index (χ0n) is 14.5. The van der Waals surface area contributed by atoms with Crippen LogP contribution < -0.4 is 5.32 Å². The van der Waals surface area contributed by atoms with Crippen molar-refractivity contribution in [3.05, 3.63) is 18.0 Å². The van der Waals surface area contributed by atoms with Gasteiger partial charge in [-0.25, -0.2) is 0 Å². The minimum absolute atomic E-state index is 0.203. The van der Waals surface area contributed by atoms with Gasteiger partial charge < -0.3 is 10.1 Å². The maximum Gasteiger partial charge on any atom is 0.103 e. The van der Waals surface area contributed by atoms with Gasteiger partial charge in [0.25, 0.3) is 0 Å². The summed E-state index contributed by atoms with van der Waals surface area (Å²) in [4.78, 5) is 0. The van der Waals surface area contributed by atoms with Gasteiger partial charge in [-0.1, -0.05) is 27.2 Å². The molecule has 0 bridgehead atoms. The van der Waals surface area contributed by atoms with Crippen LogP contribution in [0.15, 0.2) is 12.3 Å². The van der Waals surface area contributed by atoms with Crippen LogP contribution >= 0.6 is 0 Å². The topological polar surface area (TPSA) is 39.1 Å². The maximum absolute atomic E-state index is 6.00. The summed E-state index contributed by atoms with van der Waals surface area (Å²) in [5.41, 5.74) is 1.75. The van der Waals surface area contributed by atoms with E-state index in [1.807, 2.05) is 17.9 Å². The summed E-state index contributed by atoms with van der Waals surface area (Å²) in [6.45, 7) is 9.03. The van der Waals surface area contributed by atoms with Crippen LogP contribution in [0.2, 0.25) is 0 Å². The summed E-state index contributed by atoms with van der Waals surface area (Å²) in [6.07, 6.45) is 7.14. The summed E-state index contributed by atoms with van der Waals surface area (Å²) in [6, 6.07) is 2.77. The normalized spacial score (nSPS) is 31.4. The molecule has 4 atom stereocenters. The smallest absolute Gasteiger partial charge is 0.103 e. The van der Waals surface area contributed by atoms with Crippen LogP contribution in [-0.2, 0) is 11.8 Å². The largest absolute Gasteiger partial charge is 0.372 e. The molecule has 2 unspecified atom stereocenters. The molecule has 2 aliphatic rings. The van der Waals surface area contributed by atoms with Gasteiger partial charge in [0.1, 0.15) is 6.10 Å². The Morgan fingerprint density at radius 1 is 1.50 bits per heavy atom. The van der Waals surface area contributed by atoms with Crippen molar-refractivity contribution >= 4 is 0 Å². The lowest BCUT2D eigenvalue weighted by molar-refractivity contribution is 0.0827. The molecule has 2 heterocycles. The van der Waals surface area contributed by atoms with Gasteiger partial charge in [-0.05, 0) is 36.7 Å². The Kier molecular flexibility index (Phi) is 4.60. The molecule has 1 aromatic heterocycles. The van der Waals surface area contributed by atoms with Gasteiger partial charge in [0.15, 0.2) is 0 Å². The quantitative estimate of drug-likeness (QED) is 0.840. The Bertz CT molecular complexity index is 496. The Hall–Kier alpha value is -0.870. The molecule has 1 aliphatic heterocycles. The van der Waals surface area contributed by atoms with Crippen molar-refractivity contribution in [3.8, 4) is 0 Å². The predicted molar refractivity (Wildman–Crippen MR) is 88.6 cm³/mol. The second-order valence-corrected chi connectivity index (χ2v) is 7.82. The second-order valence-electron chi connectivity index (χ2n) is 7.82. The van der Waals surface area contributed by atoms with Crippen LogP contribution in [0.25, 0.3) is 0 Å². The molecule has 22 heavy (non-hydrogen) atoms. The van der Waals surface area contributed by atoms with E-state index in [4.69, 9.17) is 4.74 Å². The van der Waals surface area contributed by atoms with E-state index in [9.17, 15) is 0 Å². The number of hydrogen-bond donors (Lipinski definition) is 1. The van der Waals surface area contributed by atoms with Crippen molar-refractivity contribution in [1.82, 2.24) is 15.1 Å². The molecule has 0 spiro atoms. The maximum atomic E-state index is 6.00. The first-order chi connectivity index (χ1) is 10.5. The van der Waals surface area contributed by atoms with E-state index in [1.165, 1.54) is 25.0 Å². The van der Waals surface area contributed by atoms with Crippen LogP contribution in [0.1, 0.15) is 58.3 Å². The van der Waals surface area contributed by atoms with Crippen LogP contribution in [0.5, 0.6) is 0 Å². The number of nitrogens with zero attached hydrogens (tertiary/aromatic N) is 2. The third-order valence-corrected chi connectivity index (χ3v) is 5.68. The zero-order chi connectivity index (χ0) is 15.7. The molecule has 1 aromatic rings. The third-order valence-electron chi connectivity index (χ3n) is 5.68. The van der Waals surface area contributed by atoms with E-state index in [2.05, 4.69) is 37.3 Å². The summed E-state index contributed by atoms with van der Waals surface area (Å²) in [7, 11) is 2.01. The molecule has 1 saturated carbocycles. The summed E-state index contributed by atoms with van der Waals surface area (Å²) < 4.78 is 7.95. The van der Waals surface area contributed by atoms with Crippen molar-refractivity contribution in [2.45, 2.75) is 58.6 Å². The van der Waals surface area contributed by atoms with Gasteiger partial charge in [-0.2, -0.15) is 5.10 Å². The molecule has 1 N–H and O–H groups in total. The highest BCUT2D eigenvalue weighted by atomic mass is 16.5. The minimum Gasteiger partial charge on any atom is -0.372 e. The number of hydrogen-bond acceptors (Lipinski definition) is 3. The fraction of sp³-hybridized carbons (Fsp3) is 0.833. The first-order valence-corrected chi connectivity index (χ1v) is 8.86. The molecular weight excluding hydrogens is 274 g/mol. The van der Waals surface area contributed by atoms with Crippen molar-refractivity contribution in [2.24, 2.45) is 24.3 Å². The highest BCUT2D eigenvalue weighted by Crippen LogP contribution is 2.54. The molecule has 3 rings (SSSR count). The molecule has 0 aromatic carbocycles. The van der Waals surface area contributed by atoms with Crippen LogP contribution in [0.4, 0.5) is 0 Å². The fourth-order valence-electron chi connectivity index (χ4n) is 4.09. The number of ether oxygens (including phenoxy) is 1. The standard InChI is InChI=1S/C18H31N3O/c1-5-6-15(14-11-18(14,2)3)19-12-13-8-10-22-17(13)16-7-9-20-21(16)4/h7,9,13-15,17,19H,5-6,8,10-12H2,1-4H3/t13-,14?,15?,17+/m0/s1. The van der Waals surface area contributed by atoms with Crippen LogP contribution in [0, 0.1) is 17.3 Å². The lowest BCUT2D eigenvalue weighted by Gasteiger charge is -2.24. The first kappa shape index (κ1) is 16.0. The van der Waals surface area contributed by atoms with Crippen LogP contribution in [-0.4, -0.2) is 29.0 Å². The van der Waals surface area contributed by atoms with Crippen LogP contribution in [0.3, 0.4) is 0 Å². The molecule has 2 fully saturated rings. The Morgan fingerprint density at radius 3 is 2.86 bits per heavy atom. The predicted octanol–water partition coefficient (Wildman–Crippen LogP) is 3.30. The lowest BCUT2D eigenvalue weighted by atomic mass is 9.96. The summed E-state index contributed by atoms with van der Waals surface area (Å²) in [5.74, 6) is 1.42. The monoisotopic (exact) mass is 305 g/mol. The van der Waals surface area contributed by atoms with Gasteiger partial charge in [0.2, 0.25) is 0 Å². The molecule has 0 radical (unpaired) electrons. The van der Waals surface area contributed by atoms with Gasteiger partial charge in [-0.15, -0.1) is 0 Å². The number of rotatable bonds is 7. The SMILES string of the molecule is CCCC(NC[C@@H]1CCO[C@H]1c1ccnn1C)C1CC1(C)C. The summed E-state index contributed by atoms with van der Waals surface area (Å²) in [5, 5.41) is 8.18. The lowest BCUT2D eigenvalue weighted by Crippen LogP contribution is -2.37. The Balaban J connectivity index is 1.58.